The summed E-state index contributed by atoms with van der Waals surface area (Å²) in [7, 11) is 0. The van der Waals surface area contributed by atoms with Gasteiger partial charge in [-0.05, 0) is 56.1 Å². The van der Waals surface area contributed by atoms with Gasteiger partial charge in [0.15, 0.2) is 11.6 Å². The maximum Gasteiger partial charge on any atom is 0.257 e. The summed E-state index contributed by atoms with van der Waals surface area (Å²) in [6.45, 7) is 4.61. The molecule has 1 aliphatic heterocycles. The van der Waals surface area contributed by atoms with Gasteiger partial charge in [-0.2, -0.15) is 0 Å². The van der Waals surface area contributed by atoms with Crippen molar-refractivity contribution in [1.82, 2.24) is 10.2 Å². The van der Waals surface area contributed by atoms with E-state index in [0.717, 1.165) is 25.7 Å². The van der Waals surface area contributed by atoms with Crippen molar-refractivity contribution in [2.24, 2.45) is 11.8 Å². The van der Waals surface area contributed by atoms with E-state index >= 15 is 0 Å². The second kappa shape index (κ2) is 7.02. The van der Waals surface area contributed by atoms with Crippen molar-refractivity contribution in [3.8, 4) is 5.75 Å². The molecule has 1 heterocycles. The molecule has 2 aliphatic rings. The Hall–Kier alpha value is -2.11. The molecular weight excluding hydrogens is 323 g/mol. The molecule has 1 fully saturated rings. The summed E-state index contributed by atoms with van der Waals surface area (Å²) in [4.78, 5) is 25.3. The number of hydrogen-bond acceptors (Lipinski definition) is 3. The van der Waals surface area contributed by atoms with Crippen LogP contribution in [0, 0.1) is 17.7 Å². The number of nitrogens with zero attached hydrogens (tertiary/aromatic N) is 1. The third-order valence-corrected chi connectivity index (χ3v) is 5.58. The van der Waals surface area contributed by atoms with E-state index in [-0.39, 0.29) is 23.4 Å². The number of halogens is 1. The van der Waals surface area contributed by atoms with Crippen LogP contribution in [0.5, 0.6) is 5.75 Å². The number of rotatable bonds is 4. The number of carbonyl (C=O) groups is 2. The molecule has 2 amide bonds. The number of hydrogen-bond donors (Lipinski definition) is 2. The average molecular weight is 348 g/mol. The quantitative estimate of drug-likeness (QED) is 0.879. The van der Waals surface area contributed by atoms with Crippen LogP contribution < -0.4 is 5.32 Å². The van der Waals surface area contributed by atoms with Crippen molar-refractivity contribution in [2.75, 3.05) is 6.54 Å². The summed E-state index contributed by atoms with van der Waals surface area (Å²) in [5.41, 5.74) is 0.668. The van der Waals surface area contributed by atoms with E-state index in [2.05, 4.69) is 5.32 Å². The van der Waals surface area contributed by atoms with Gasteiger partial charge in [-0.1, -0.05) is 6.07 Å². The molecule has 1 atom stereocenters. The number of phenolic OH excluding ortho intramolecular Hbond substituents is 1. The number of benzene rings is 1. The van der Waals surface area contributed by atoms with E-state index < -0.39 is 11.6 Å². The van der Waals surface area contributed by atoms with Crippen LogP contribution in [0.3, 0.4) is 0 Å². The molecule has 1 unspecified atom stereocenters. The van der Waals surface area contributed by atoms with Gasteiger partial charge in [0.25, 0.3) is 5.91 Å². The van der Waals surface area contributed by atoms with Gasteiger partial charge in [-0.3, -0.25) is 9.59 Å². The zero-order valence-corrected chi connectivity index (χ0v) is 14.7. The first-order valence-electron chi connectivity index (χ1n) is 8.93. The molecule has 25 heavy (non-hydrogen) atoms. The number of fused-ring (bicyclic) bond motifs is 1. The van der Waals surface area contributed by atoms with Crippen molar-refractivity contribution in [3.05, 3.63) is 29.1 Å². The Kier molecular flexibility index (Phi) is 4.97. The van der Waals surface area contributed by atoms with Gasteiger partial charge >= 0.3 is 0 Å². The van der Waals surface area contributed by atoms with Gasteiger partial charge < -0.3 is 15.3 Å². The van der Waals surface area contributed by atoms with Gasteiger partial charge in [0.05, 0.1) is 5.56 Å². The predicted octanol–water partition coefficient (Wildman–Crippen LogP) is 2.82. The lowest BCUT2D eigenvalue weighted by atomic mass is 9.78. The summed E-state index contributed by atoms with van der Waals surface area (Å²) >= 11 is 0. The lowest BCUT2D eigenvalue weighted by Gasteiger charge is -2.34. The smallest absolute Gasteiger partial charge is 0.257 e. The van der Waals surface area contributed by atoms with Gasteiger partial charge in [-0.25, -0.2) is 4.39 Å². The van der Waals surface area contributed by atoms with E-state index in [1.165, 1.54) is 13.0 Å². The fourth-order valence-corrected chi connectivity index (χ4v) is 4.17. The monoisotopic (exact) mass is 348 g/mol. The second-order valence-corrected chi connectivity index (χ2v) is 7.39. The molecule has 0 saturated heterocycles. The van der Waals surface area contributed by atoms with Crippen LogP contribution in [0.2, 0.25) is 0 Å². The summed E-state index contributed by atoms with van der Waals surface area (Å²) < 4.78 is 14.0. The molecule has 1 aliphatic carbocycles. The Morgan fingerprint density at radius 2 is 2.04 bits per heavy atom. The van der Waals surface area contributed by atoms with Crippen LogP contribution in [0.4, 0.5) is 4.39 Å². The first-order valence-corrected chi connectivity index (χ1v) is 8.93. The standard InChI is InChI=1S/C19H25FN2O3/c1-11(21-12(2)23)14-5-3-13(4-6-14)9-22-10-15-7-8-16(24)18(20)17(15)19(22)25/h7-8,11,13-14,24H,3-6,9-10H2,1-2H3,(H,21,23)/t11?,13-,14-. The third-order valence-electron chi connectivity index (χ3n) is 5.58. The van der Waals surface area contributed by atoms with Gasteiger partial charge in [0.2, 0.25) is 5.91 Å². The molecule has 0 spiro atoms. The van der Waals surface area contributed by atoms with E-state index in [1.54, 1.807) is 11.0 Å². The van der Waals surface area contributed by atoms with Crippen LogP contribution in [0.1, 0.15) is 55.5 Å². The Balaban J connectivity index is 1.56. The highest BCUT2D eigenvalue weighted by atomic mass is 19.1. The second-order valence-electron chi connectivity index (χ2n) is 7.39. The molecule has 0 radical (unpaired) electrons. The maximum atomic E-state index is 14.0. The topological polar surface area (TPSA) is 69.6 Å². The highest BCUT2D eigenvalue weighted by Gasteiger charge is 2.34. The van der Waals surface area contributed by atoms with Crippen LogP contribution in [-0.4, -0.2) is 34.4 Å². The Morgan fingerprint density at radius 1 is 1.36 bits per heavy atom. The van der Waals surface area contributed by atoms with Crippen molar-refractivity contribution in [3.63, 3.8) is 0 Å². The van der Waals surface area contributed by atoms with E-state index in [4.69, 9.17) is 0 Å². The summed E-state index contributed by atoms with van der Waals surface area (Å²) in [5, 5.41) is 12.4. The number of phenols is 1. The summed E-state index contributed by atoms with van der Waals surface area (Å²) in [6, 6.07) is 3.10. The van der Waals surface area contributed by atoms with Crippen LogP contribution >= 0.6 is 0 Å². The average Bonchev–Trinajstić information content (AvgIpc) is 2.88. The first kappa shape index (κ1) is 17.7. The largest absolute Gasteiger partial charge is 0.505 e. The van der Waals surface area contributed by atoms with Crippen molar-refractivity contribution >= 4 is 11.8 Å². The SMILES string of the molecule is CC(=O)NC(C)[C@H]1CC[C@H](CN2Cc3ccc(O)c(F)c3C2=O)CC1. The number of aromatic hydroxyl groups is 1. The Bertz CT molecular complexity index is 683. The van der Waals surface area contributed by atoms with E-state index in [0.29, 0.717) is 30.5 Å². The molecule has 1 saturated carbocycles. The van der Waals surface area contributed by atoms with Crippen LogP contribution in [0.25, 0.3) is 0 Å². The van der Waals surface area contributed by atoms with Gasteiger partial charge in [0, 0.05) is 26.1 Å². The number of amides is 2. The first-order chi connectivity index (χ1) is 11.9. The molecule has 136 valence electrons. The molecule has 6 heteroatoms. The molecule has 5 nitrogen and oxygen atoms in total. The Labute approximate surface area is 147 Å². The molecule has 1 aromatic rings. The van der Waals surface area contributed by atoms with Crippen molar-refractivity contribution < 1.29 is 19.1 Å². The lowest BCUT2D eigenvalue weighted by molar-refractivity contribution is -0.120. The molecular formula is C19H25FN2O3. The fraction of sp³-hybridized carbons (Fsp3) is 0.579. The summed E-state index contributed by atoms with van der Waals surface area (Å²) in [6.07, 6.45) is 4.05. The third kappa shape index (κ3) is 3.62. The minimum Gasteiger partial charge on any atom is -0.505 e. The van der Waals surface area contributed by atoms with Crippen molar-refractivity contribution in [1.29, 1.82) is 0 Å². The molecule has 0 aromatic heterocycles. The summed E-state index contributed by atoms with van der Waals surface area (Å²) in [5.74, 6) is -0.728. The highest BCUT2D eigenvalue weighted by Crippen LogP contribution is 2.35. The number of nitrogens with one attached hydrogen (secondary N) is 1. The predicted molar refractivity (Wildman–Crippen MR) is 91.5 cm³/mol. The van der Waals surface area contributed by atoms with Crippen molar-refractivity contribution in [2.45, 2.75) is 52.1 Å². The highest BCUT2D eigenvalue weighted by molar-refractivity contribution is 5.99. The van der Waals surface area contributed by atoms with Crippen LogP contribution in [-0.2, 0) is 11.3 Å². The van der Waals surface area contributed by atoms with E-state index in [9.17, 15) is 19.1 Å². The van der Waals surface area contributed by atoms with Gasteiger partial charge in [0.1, 0.15) is 0 Å². The van der Waals surface area contributed by atoms with Crippen LogP contribution in [0.15, 0.2) is 12.1 Å². The number of carbonyl (C=O) groups excluding carboxylic acids is 2. The van der Waals surface area contributed by atoms with Gasteiger partial charge in [-0.15, -0.1) is 0 Å². The molecule has 0 bridgehead atoms. The zero-order valence-electron chi connectivity index (χ0n) is 14.7. The van der Waals surface area contributed by atoms with E-state index in [1.807, 2.05) is 6.92 Å². The minimum absolute atomic E-state index is 0.000306. The Morgan fingerprint density at radius 3 is 2.68 bits per heavy atom. The zero-order chi connectivity index (χ0) is 18.1. The maximum absolute atomic E-state index is 14.0. The lowest BCUT2D eigenvalue weighted by Crippen LogP contribution is -2.39. The molecule has 2 N–H and O–H groups in total. The fourth-order valence-electron chi connectivity index (χ4n) is 4.17. The molecule has 1 aromatic carbocycles. The molecule has 3 rings (SSSR count). The normalized spacial score (nSPS) is 24.1. The minimum atomic E-state index is -0.808.